The molecule has 0 fully saturated rings. The molecule has 0 aromatic carbocycles. The van der Waals surface area contributed by atoms with Crippen LogP contribution in [0.1, 0.15) is 11.4 Å². The van der Waals surface area contributed by atoms with Crippen LogP contribution in [0.5, 0.6) is 0 Å². The van der Waals surface area contributed by atoms with E-state index < -0.39 is 0 Å². The number of rotatable bonds is 1. The molecular formula is C13H14N4O2. The molecule has 0 aliphatic rings. The quantitative estimate of drug-likeness (QED) is 0.583. The number of nitrogens with zero attached hydrogens (tertiary/aromatic N) is 2. The molecule has 3 N–H and O–H groups in total. The van der Waals surface area contributed by atoms with Gasteiger partial charge in [0.2, 0.25) is 0 Å². The lowest BCUT2D eigenvalue weighted by atomic mass is 10.1. The van der Waals surface area contributed by atoms with Crippen LogP contribution in [0.15, 0.2) is 24.4 Å². The molecule has 0 amide bonds. The van der Waals surface area contributed by atoms with Crippen LogP contribution in [0, 0.1) is 13.8 Å². The number of carbonyl (C=O) groups is 1. The number of carboxylic acid groups (broad SMARTS) is 1. The zero-order chi connectivity index (χ0) is 13.8. The van der Waals surface area contributed by atoms with Gasteiger partial charge in [0, 0.05) is 22.3 Å². The van der Waals surface area contributed by atoms with E-state index in [1.54, 1.807) is 6.20 Å². The van der Waals surface area contributed by atoms with Crippen molar-refractivity contribution in [1.29, 1.82) is 0 Å². The van der Waals surface area contributed by atoms with Crippen LogP contribution >= 0.6 is 0 Å². The highest BCUT2D eigenvalue weighted by atomic mass is 16.3. The fourth-order valence-electron chi connectivity index (χ4n) is 1.90. The summed E-state index contributed by atoms with van der Waals surface area (Å²) in [7, 11) is 0. The monoisotopic (exact) mass is 258 g/mol. The van der Waals surface area contributed by atoms with Gasteiger partial charge in [-0.2, -0.15) is 5.10 Å². The largest absolute Gasteiger partial charge is 0.483 e. The maximum Gasteiger partial charge on any atom is 0.290 e. The van der Waals surface area contributed by atoms with E-state index in [4.69, 9.17) is 9.90 Å². The van der Waals surface area contributed by atoms with Gasteiger partial charge in [0.25, 0.3) is 6.47 Å². The molecule has 0 aliphatic heterocycles. The Labute approximate surface area is 109 Å². The van der Waals surface area contributed by atoms with Crippen molar-refractivity contribution in [2.75, 3.05) is 0 Å². The van der Waals surface area contributed by atoms with E-state index in [2.05, 4.69) is 32.3 Å². The Kier molecular flexibility index (Phi) is 3.61. The summed E-state index contributed by atoms with van der Waals surface area (Å²) in [6.07, 6.45) is 1.80. The lowest BCUT2D eigenvalue weighted by Crippen LogP contribution is -1.85. The topological polar surface area (TPSA) is 94.7 Å². The summed E-state index contributed by atoms with van der Waals surface area (Å²) in [5, 5.41) is 15.0. The minimum Gasteiger partial charge on any atom is -0.483 e. The summed E-state index contributed by atoms with van der Waals surface area (Å²) in [6, 6.07) is 6.19. The minimum absolute atomic E-state index is 0.250. The summed E-state index contributed by atoms with van der Waals surface area (Å²) in [5.41, 5.74) is 5.09. The first-order valence-corrected chi connectivity index (χ1v) is 5.70. The average Bonchev–Trinajstić information content (AvgIpc) is 2.93. The van der Waals surface area contributed by atoms with Crippen molar-refractivity contribution in [3.05, 3.63) is 35.8 Å². The third-order valence-electron chi connectivity index (χ3n) is 2.72. The van der Waals surface area contributed by atoms with E-state index in [1.807, 2.05) is 19.9 Å². The Morgan fingerprint density at radius 2 is 2.05 bits per heavy atom. The summed E-state index contributed by atoms with van der Waals surface area (Å²) < 4.78 is 0. The van der Waals surface area contributed by atoms with Crippen LogP contribution < -0.4 is 0 Å². The lowest BCUT2D eigenvalue weighted by molar-refractivity contribution is -0.122. The van der Waals surface area contributed by atoms with E-state index in [9.17, 15) is 0 Å². The molecule has 6 heteroatoms. The maximum absolute atomic E-state index is 8.36. The second kappa shape index (κ2) is 5.34. The molecule has 19 heavy (non-hydrogen) atoms. The van der Waals surface area contributed by atoms with Crippen LogP contribution in [0.3, 0.4) is 0 Å². The van der Waals surface area contributed by atoms with Gasteiger partial charge in [0.1, 0.15) is 5.65 Å². The molecule has 0 unspecified atom stereocenters. The molecule has 0 spiro atoms. The molecule has 0 radical (unpaired) electrons. The summed E-state index contributed by atoms with van der Waals surface area (Å²) in [5.74, 6) is 0. The molecule has 0 bridgehead atoms. The third kappa shape index (κ3) is 2.62. The SMILES string of the molecule is Cc1cc2ccc(-c3cn[nH]c3C)nc2[nH]1.O=CO. The van der Waals surface area contributed by atoms with Gasteiger partial charge in [-0.15, -0.1) is 0 Å². The molecule has 3 heterocycles. The zero-order valence-electron chi connectivity index (χ0n) is 10.6. The number of hydrogen-bond donors (Lipinski definition) is 3. The van der Waals surface area contributed by atoms with Crippen molar-refractivity contribution in [3.8, 4) is 11.3 Å². The number of nitrogens with one attached hydrogen (secondary N) is 2. The Morgan fingerprint density at radius 1 is 1.32 bits per heavy atom. The summed E-state index contributed by atoms with van der Waals surface area (Å²) in [6.45, 7) is 3.78. The van der Waals surface area contributed by atoms with Crippen molar-refractivity contribution in [3.63, 3.8) is 0 Å². The summed E-state index contributed by atoms with van der Waals surface area (Å²) >= 11 is 0. The normalized spacial score (nSPS) is 10.0. The molecule has 3 rings (SSSR count). The van der Waals surface area contributed by atoms with Crippen molar-refractivity contribution < 1.29 is 9.90 Å². The first-order valence-electron chi connectivity index (χ1n) is 5.70. The smallest absolute Gasteiger partial charge is 0.290 e. The average molecular weight is 258 g/mol. The number of fused-ring (bicyclic) bond motifs is 1. The molecule has 6 nitrogen and oxygen atoms in total. The summed E-state index contributed by atoms with van der Waals surface area (Å²) in [4.78, 5) is 16.2. The van der Waals surface area contributed by atoms with Gasteiger partial charge in [-0.1, -0.05) is 0 Å². The van der Waals surface area contributed by atoms with Gasteiger partial charge in [-0.05, 0) is 32.0 Å². The number of H-pyrrole nitrogens is 2. The van der Waals surface area contributed by atoms with Crippen LogP contribution in [-0.4, -0.2) is 31.7 Å². The highest BCUT2D eigenvalue weighted by Crippen LogP contribution is 2.22. The molecule has 3 aromatic rings. The highest BCUT2D eigenvalue weighted by molar-refractivity contribution is 5.80. The second-order valence-electron chi connectivity index (χ2n) is 4.10. The van der Waals surface area contributed by atoms with E-state index in [0.29, 0.717) is 0 Å². The first kappa shape index (κ1) is 12.8. The van der Waals surface area contributed by atoms with E-state index in [1.165, 1.54) is 0 Å². The predicted octanol–water partition coefficient (Wildman–Crippen LogP) is 2.27. The molecule has 0 atom stereocenters. The molecule has 3 aromatic heterocycles. The van der Waals surface area contributed by atoms with Crippen LogP contribution in [0.4, 0.5) is 0 Å². The number of pyridine rings is 1. The Bertz CT molecular complexity index is 700. The van der Waals surface area contributed by atoms with Crippen molar-refractivity contribution in [1.82, 2.24) is 20.2 Å². The highest BCUT2D eigenvalue weighted by Gasteiger charge is 2.07. The van der Waals surface area contributed by atoms with Gasteiger partial charge in [0.05, 0.1) is 11.9 Å². The second-order valence-corrected chi connectivity index (χ2v) is 4.10. The molecule has 0 aliphatic carbocycles. The predicted molar refractivity (Wildman–Crippen MR) is 71.8 cm³/mol. The van der Waals surface area contributed by atoms with Gasteiger partial charge in [-0.3, -0.25) is 9.89 Å². The molecule has 98 valence electrons. The Balaban J connectivity index is 0.000000408. The zero-order valence-corrected chi connectivity index (χ0v) is 10.6. The number of aromatic nitrogens is 4. The Morgan fingerprint density at radius 3 is 2.68 bits per heavy atom. The molecule has 0 saturated heterocycles. The van der Waals surface area contributed by atoms with Gasteiger partial charge in [-0.25, -0.2) is 4.98 Å². The third-order valence-corrected chi connectivity index (χ3v) is 2.72. The van der Waals surface area contributed by atoms with E-state index in [-0.39, 0.29) is 6.47 Å². The number of aryl methyl sites for hydroxylation is 2. The van der Waals surface area contributed by atoms with Crippen LogP contribution in [0.25, 0.3) is 22.3 Å². The van der Waals surface area contributed by atoms with Gasteiger partial charge in [0.15, 0.2) is 0 Å². The van der Waals surface area contributed by atoms with E-state index >= 15 is 0 Å². The van der Waals surface area contributed by atoms with E-state index in [0.717, 1.165) is 33.7 Å². The first-order chi connectivity index (χ1) is 9.15. The molecule has 0 saturated carbocycles. The number of hydrogen-bond acceptors (Lipinski definition) is 3. The fourth-order valence-corrected chi connectivity index (χ4v) is 1.90. The molecular weight excluding hydrogens is 244 g/mol. The van der Waals surface area contributed by atoms with Gasteiger partial charge < -0.3 is 10.1 Å². The van der Waals surface area contributed by atoms with Crippen LogP contribution in [-0.2, 0) is 4.79 Å². The fraction of sp³-hybridized carbons (Fsp3) is 0.154. The van der Waals surface area contributed by atoms with Crippen molar-refractivity contribution in [2.24, 2.45) is 0 Å². The Hall–Kier alpha value is -2.63. The van der Waals surface area contributed by atoms with Crippen LogP contribution in [0.2, 0.25) is 0 Å². The maximum atomic E-state index is 8.36. The minimum atomic E-state index is -0.250. The standard InChI is InChI=1S/C12H12N4.CH2O2/c1-7-5-9-3-4-11(15-12(9)14-7)10-6-13-16-8(10)2;2-1-3/h3-6H,1-2H3,(H,13,16)(H,14,15);1H,(H,2,3). The lowest BCUT2D eigenvalue weighted by Gasteiger charge is -1.98. The van der Waals surface area contributed by atoms with Crippen molar-refractivity contribution in [2.45, 2.75) is 13.8 Å². The van der Waals surface area contributed by atoms with Crippen molar-refractivity contribution >= 4 is 17.5 Å². The number of aromatic amines is 2. The van der Waals surface area contributed by atoms with Gasteiger partial charge >= 0.3 is 0 Å².